The number of nitrogens with two attached hydrogens (primary N) is 1. The Balaban J connectivity index is 2.34. The zero-order valence-electron chi connectivity index (χ0n) is 9.93. The second-order valence-corrected chi connectivity index (χ2v) is 4.40. The van der Waals surface area contributed by atoms with Gasteiger partial charge in [-0.2, -0.15) is 0 Å². The van der Waals surface area contributed by atoms with Gasteiger partial charge in [-0.15, -0.1) is 0 Å². The number of nitrogens with one attached hydrogen (secondary N) is 1. The molecule has 0 aromatic heterocycles. The summed E-state index contributed by atoms with van der Waals surface area (Å²) in [5.74, 6) is 0. The van der Waals surface area contributed by atoms with Gasteiger partial charge >= 0.3 is 0 Å². The van der Waals surface area contributed by atoms with Gasteiger partial charge in [-0.3, -0.25) is 0 Å². The average molecular weight is 241 g/mol. The number of halogens is 1. The zero-order valence-corrected chi connectivity index (χ0v) is 10.7. The van der Waals surface area contributed by atoms with Gasteiger partial charge in [0.2, 0.25) is 0 Å². The van der Waals surface area contributed by atoms with E-state index in [1.165, 1.54) is 25.7 Å². The van der Waals surface area contributed by atoms with E-state index in [9.17, 15) is 0 Å². The predicted octanol–water partition coefficient (Wildman–Crippen LogP) is 3.79. The third kappa shape index (κ3) is 4.42. The maximum atomic E-state index is 6.07. The molecule has 0 fully saturated rings. The Kier molecular flexibility index (Phi) is 6.27. The fourth-order valence-electron chi connectivity index (χ4n) is 1.61. The molecule has 0 radical (unpaired) electrons. The summed E-state index contributed by atoms with van der Waals surface area (Å²) in [6.07, 6.45) is 5.09. The van der Waals surface area contributed by atoms with Crippen molar-refractivity contribution in [3.63, 3.8) is 0 Å². The molecule has 0 aliphatic rings. The van der Waals surface area contributed by atoms with E-state index in [1.54, 1.807) is 0 Å². The number of hydrogen-bond acceptors (Lipinski definition) is 2. The molecular formula is C13H21ClN2. The summed E-state index contributed by atoms with van der Waals surface area (Å²) in [7, 11) is 0. The van der Waals surface area contributed by atoms with Gasteiger partial charge in [-0.1, -0.05) is 43.9 Å². The van der Waals surface area contributed by atoms with E-state index in [0.717, 1.165) is 22.8 Å². The van der Waals surface area contributed by atoms with Gasteiger partial charge in [-0.25, -0.2) is 0 Å². The molecule has 0 heterocycles. The SMILES string of the molecule is CCCCCCNc1ccc(CN)c(Cl)c1. The van der Waals surface area contributed by atoms with Crippen molar-refractivity contribution in [3.05, 3.63) is 28.8 Å². The first-order valence-electron chi connectivity index (χ1n) is 6.00. The molecule has 0 aliphatic heterocycles. The number of rotatable bonds is 7. The van der Waals surface area contributed by atoms with Crippen LogP contribution in [-0.2, 0) is 6.54 Å². The standard InChI is InChI=1S/C13H21ClN2/c1-2-3-4-5-8-16-12-7-6-11(10-15)13(14)9-12/h6-7,9,16H,2-5,8,10,15H2,1H3. The topological polar surface area (TPSA) is 38.0 Å². The number of benzene rings is 1. The molecule has 0 amide bonds. The molecule has 1 rings (SSSR count). The van der Waals surface area contributed by atoms with Crippen LogP contribution < -0.4 is 11.1 Å². The molecule has 0 atom stereocenters. The third-order valence-electron chi connectivity index (χ3n) is 2.63. The molecule has 90 valence electrons. The Morgan fingerprint density at radius 1 is 1.25 bits per heavy atom. The van der Waals surface area contributed by atoms with Gasteiger partial charge in [0.25, 0.3) is 0 Å². The van der Waals surface area contributed by atoms with Crippen LogP contribution in [0.15, 0.2) is 18.2 Å². The van der Waals surface area contributed by atoms with Crippen molar-refractivity contribution < 1.29 is 0 Å². The minimum Gasteiger partial charge on any atom is -0.385 e. The van der Waals surface area contributed by atoms with Gasteiger partial charge < -0.3 is 11.1 Å². The lowest BCUT2D eigenvalue weighted by molar-refractivity contribution is 0.685. The van der Waals surface area contributed by atoms with Crippen LogP contribution in [0.2, 0.25) is 5.02 Å². The molecule has 0 unspecified atom stereocenters. The molecule has 0 saturated heterocycles. The van der Waals surface area contributed by atoms with E-state index in [1.807, 2.05) is 18.2 Å². The lowest BCUT2D eigenvalue weighted by atomic mass is 10.2. The van der Waals surface area contributed by atoms with Crippen LogP contribution in [-0.4, -0.2) is 6.54 Å². The molecule has 0 spiro atoms. The molecule has 0 aliphatic carbocycles. The van der Waals surface area contributed by atoms with Crippen molar-refractivity contribution in [1.29, 1.82) is 0 Å². The first-order chi connectivity index (χ1) is 7.77. The van der Waals surface area contributed by atoms with Gasteiger partial charge in [0.05, 0.1) is 0 Å². The maximum absolute atomic E-state index is 6.07. The molecule has 3 N–H and O–H groups in total. The minimum atomic E-state index is 0.496. The van der Waals surface area contributed by atoms with Crippen molar-refractivity contribution in [1.82, 2.24) is 0 Å². The van der Waals surface area contributed by atoms with E-state index in [-0.39, 0.29) is 0 Å². The Morgan fingerprint density at radius 3 is 2.69 bits per heavy atom. The number of anilines is 1. The fraction of sp³-hybridized carbons (Fsp3) is 0.538. The molecule has 3 heteroatoms. The van der Waals surface area contributed by atoms with Crippen molar-refractivity contribution in [2.75, 3.05) is 11.9 Å². The molecule has 1 aromatic carbocycles. The summed E-state index contributed by atoms with van der Waals surface area (Å²) in [4.78, 5) is 0. The lowest BCUT2D eigenvalue weighted by Gasteiger charge is -2.08. The molecule has 0 bridgehead atoms. The zero-order chi connectivity index (χ0) is 11.8. The van der Waals surface area contributed by atoms with Crippen LogP contribution >= 0.6 is 11.6 Å². The summed E-state index contributed by atoms with van der Waals surface area (Å²) in [6.45, 7) is 3.73. The van der Waals surface area contributed by atoms with Crippen molar-refractivity contribution >= 4 is 17.3 Å². The Morgan fingerprint density at radius 2 is 2.06 bits per heavy atom. The monoisotopic (exact) mass is 240 g/mol. The number of unbranched alkanes of at least 4 members (excludes halogenated alkanes) is 3. The van der Waals surface area contributed by atoms with Gasteiger partial charge in [-0.05, 0) is 24.1 Å². The van der Waals surface area contributed by atoms with Gasteiger partial charge in [0.15, 0.2) is 0 Å². The first kappa shape index (κ1) is 13.3. The summed E-state index contributed by atoms with van der Waals surface area (Å²) < 4.78 is 0. The van der Waals surface area contributed by atoms with Crippen molar-refractivity contribution in [3.8, 4) is 0 Å². The second-order valence-electron chi connectivity index (χ2n) is 4.00. The Bertz CT molecular complexity index is 313. The second kappa shape index (κ2) is 7.53. The number of hydrogen-bond donors (Lipinski definition) is 2. The highest BCUT2D eigenvalue weighted by atomic mass is 35.5. The largest absolute Gasteiger partial charge is 0.385 e. The van der Waals surface area contributed by atoms with E-state index in [2.05, 4.69) is 12.2 Å². The molecule has 16 heavy (non-hydrogen) atoms. The Labute approximate surface area is 103 Å². The lowest BCUT2D eigenvalue weighted by Crippen LogP contribution is -2.02. The van der Waals surface area contributed by atoms with Crippen LogP contribution in [0.1, 0.15) is 38.2 Å². The molecule has 2 nitrogen and oxygen atoms in total. The summed E-state index contributed by atoms with van der Waals surface area (Å²) in [6, 6.07) is 5.97. The van der Waals surface area contributed by atoms with Gasteiger partial charge in [0, 0.05) is 23.8 Å². The Hall–Kier alpha value is -0.730. The quantitative estimate of drug-likeness (QED) is 0.712. The normalized spacial score (nSPS) is 10.4. The highest BCUT2D eigenvalue weighted by Gasteiger charge is 1.99. The highest BCUT2D eigenvalue weighted by Crippen LogP contribution is 2.20. The molecular weight excluding hydrogens is 220 g/mol. The van der Waals surface area contributed by atoms with E-state index < -0.39 is 0 Å². The van der Waals surface area contributed by atoms with Gasteiger partial charge in [0.1, 0.15) is 0 Å². The molecule has 0 saturated carbocycles. The van der Waals surface area contributed by atoms with Crippen molar-refractivity contribution in [2.45, 2.75) is 39.2 Å². The van der Waals surface area contributed by atoms with Crippen LogP contribution in [0.25, 0.3) is 0 Å². The first-order valence-corrected chi connectivity index (χ1v) is 6.38. The molecule has 1 aromatic rings. The van der Waals surface area contributed by atoms with E-state index in [0.29, 0.717) is 6.54 Å². The highest BCUT2D eigenvalue weighted by molar-refractivity contribution is 6.31. The summed E-state index contributed by atoms with van der Waals surface area (Å²) >= 11 is 6.07. The predicted molar refractivity (Wildman–Crippen MR) is 72.0 cm³/mol. The van der Waals surface area contributed by atoms with Crippen LogP contribution in [0.4, 0.5) is 5.69 Å². The van der Waals surface area contributed by atoms with E-state index >= 15 is 0 Å². The smallest absolute Gasteiger partial charge is 0.0471 e. The fourth-order valence-corrected chi connectivity index (χ4v) is 1.87. The van der Waals surface area contributed by atoms with Crippen LogP contribution in [0.5, 0.6) is 0 Å². The van der Waals surface area contributed by atoms with E-state index in [4.69, 9.17) is 17.3 Å². The minimum absolute atomic E-state index is 0.496. The van der Waals surface area contributed by atoms with Crippen LogP contribution in [0.3, 0.4) is 0 Å². The average Bonchev–Trinajstić information content (AvgIpc) is 2.29. The third-order valence-corrected chi connectivity index (χ3v) is 2.98. The summed E-state index contributed by atoms with van der Waals surface area (Å²) in [5, 5.41) is 4.12. The van der Waals surface area contributed by atoms with Crippen LogP contribution in [0, 0.1) is 0 Å². The van der Waals surface area contributed by atoms with Crippen molar-refractivity contribution in [2.24, 2.45) is 5.73 Å². The maximum Gasteiger partial charge on any atom is 0.0471 e. The summed E-state index contributed by atoms with van der Waals surface area (Å²) in [5.41, 5.74) is 7.63.